The summed E-state index contributed by atoms with van der Waals surface area (Å²) < 4.78 is 11.6. The molecule has 0 spiro atoms. The Hall–Kier alpha value is -4.23. The number of fused-ring (bicyclic) bond motifs is 1. The Morgan fingerprint density at radius 1 is 0.878 bits per heavy atom. The van der Waals surface area contributed by atoms with Gasteiger partial charge in [-0.1, -0.05) is 72.3 Å². The number of carbonyl (C=O) groups excluding carboxylic acids is 2. The Morgan fingerprint density at radius 2 is 1.61 bits per heavy atom. The molecule has 3 aromatic carbocycles. The fourth-order valence-corrected chi connectivity index (χ4v) is 5.24. The Balaban J connectivity index is 1.38. The van der Waals surface area contributed by atoms with Crippen molar-refractivity contribution in [3.05, 3.63) is 118 Å². The van der Waals surface area contributed by atoms with Crippen molar-refractivity contribution in [1.29, 1.82) is 0 Å². The van der Waals surface area contributed by atoms with Crippen LogP contribution < -0.4 is 5.43 Å². The van der Waals surface area contributed by atoms with Gasteiger partial charge in [-0.2, -0.15) is 0 Å². The lowest BCUT2D eigenvalue weighted by molar-refractivity contribution is -0.142. The summed E-state index contributed by atoms with van der Waals surface area (Å²) in [6.07, 6.45) is 4.07. The van der Waals surface area contributed by atoms with Crippen molar-refractivity contribution in [3.8, 4) is 0 Å². The minimum Gasteiger partial charge on any atom is -0.464 e. The van der Waals surface area contributed by atoms with Crippen LogP contribution in [0.15, 0.2) is 94.3 Å². The molecule has 1 fully saturated rings. The zero-order chi connectivity index (χ0) is 28.6. The molecule has 1 atom stereocenters. The highest BCUT2D eigenvalue weighted by Gasteiger charge is 2.27. The minimum atomic E-state index is -0.233. The first-order valence-electron chi connectivity index (χ1n) is 14.2. The van der Waals surface area contributed by atoms with E-state index < -0.39 is 0 Å². The molecule has 2 heterocycles. The van der Waals surface area contributed by atoms with Crippen LogP contribution in [0.25, 0.3) is 11.0 Å². The van der Waals surface area contributed by atoms with E-state index in [9.17, 15) is 14.4 Å². The third kappa shape index (κ3) is 7.50. The Labute approximate surface area is 240 Å². The SMILES string of the molecule is Cc1ccc2occ(CN(Cc3ccccc3)C(=O)CN(CC3CCCO3)C(=O)CCc3ccccc3)c(=O)c2c1. The van der Waals surface area contributed by atoms with Gasteiger partial charge in [-0.15, -0.1) is 0 Å². The lowest BCUT2D eigenvalue weighted by Crippen LogP contribution is -2.45. The van der Waals surface area contributed by atoms with Crippen LogP contribution in [0, 0.1) is 6.92 Å². The van der Waals surface area contributed by atoms with E-state index in [1.54, 1.807) is 15.9 Å². The highest BCUT2D eigenvalue weighted by atomic mass is 16.5. The summed E-state index contributed by atoms with van der Waals surface area (Å²) >= 11 is 0. The number of aryl methyl sites for hydroxylation is 2. The molecule has 1 aromatic heterocycles. The molecule has 1 saturated heterocycles. The van der Waals surface area contributed by atoms with Crippen molar-refractivity contribution >= 4 is 22.8 Å². The summed E-state index contributed by atoms with van der Waals surface area (Å²) in [6.45, 7) is 3.26. The lowest BCUT2D eigenvalue weighted by Gasteiger charge is -2.29. The fourth-order valence-electron chi connectivity index (χ4n) is 5.24. The number of carbonyl (C=O) groups is 2. The average Bonchev–Trinajstić information content (AvgIpc) is 3.51. The number of hydrogen-bond acceptors (Lipinski definition) is 5. The molecule has 1 aliphatic heterocycles. The predicted molar refractivity (Wildman–Crippen MR) is 158 cm³/mol. The lowest BCUT2D eigenvalue weighted by atomic mass is 10.1. The molecule has 7 nitrogen and oxygen atoms in total. The van der Waals surface area contributed by atoms with Gasteiger partial charge < -0.3 is 19.0 Å². The molecular weight excluding hydrogens is 516 g/mol. The molecule has 0 saturated carbocycles. The average molecular weight is 553 g/mol. The Morgan fingerprint density at radius 3 is 2.32 bits per heavy atom. The number of rotatable bonds is 11. The summed E-state index contributed by atoms with van der Waals surface area (Å²) in [7, 11) is 0. The van der Waals surface area contributed by atoms with E-state index in [-0.39, 0.29) is 36.4 Å². The molecule has 0 aliphatic carbocycles. The smallest absolute Gasteiger partial charge is 0.242 e. The van der Waals surface area contributed by atoms with Crippen molar-refractivity contribution in [2.24, 2.45) is 0 Å². The van der Waals surface area contributed by atoms with Crippen LogP contribution in [0.2, 0.25) is 0 Å². The van der Waals surface area contributed by atoms with E-state index in [4.69, 9.17) is 9.15 Å². The molecule has 0 N–H and O–H groups in total. The number of ether oxygens (including phenoxy) is 1. The molecule has 5 rings (SSSR count). The monoisotopic (exact) mass is 552 g/mol. The molecule has 0 radical (unpaired) electrons. The molecule has 1 unspecified atom stereocenters. The molecule has 0 bridgehead atoms. The molecule has 212 valence electrons. The number of nitrogens with zero attached hydrogens (tertiary/aromatic N) is 2. The summed E-state index contributed by atoms with van der Waals surface area (Å²) in [5.74, 6) is -0.318. The van der Waals surface area contributed by atoms with Crippen LogP contribution >= 0.6 is 0 Å². The normalized spacial score (nSPS) is 14.7. The highest BCUT2D eigenvalue weighted by Crippen LogP contribution is 2.18. The molecule has 7 heteroatoms. The van der Waals surface area contributed by atoms with Gasteiger partial charge in [0.25, 0.3) is 0 Å². The van der Waals surface area contributed by atoms with Crippen LogP contribution in [0.5, 0.6) is 0 Å². The predicted octanol–water partition coefficient (Wildman–Crippen LogP) is 5.27. The topological polar surface area (TPSA) is 80.1 Å². The van der Waals surface area contributed by atoms with Gasteiger partial charge in [0.05, 0.1) is 36.4 Å². The molecular formula is C34H36N2O5. The van der Waals surface area contributed by atoms with Crippen LogP contribution in [-0.2, 0) is 33.8 Å². The van der Waals surface area contributed by atoms with Gasteiger partial charge in [0.2, 0.25) is 11.8 Å². The van der Waals surface area contributed by atoms with E-state index in [2.05, 4.69) is 0 Å². The van der Waals surface area contributed by atoms with Gasteiger partial charge in [-0.25, -0.2) is 0 Å². The quantitative estimate of drug-likeness (QED) is 0.253. The Kier molecular flexibility index (Phi) is 9.26. The third-order valence-corrected chi connectivity index (χ3v) is 7.53. The second-order valence-corrected chi connectivity index (χ2v) is 10.7. The van der Waals surface area contributed by atoms with Crippen molar-refractivity contribution in [2.45, 2.75) is 51.8 Å². The van der Waals surface area contributed by atoms with Crippen molar-refractivity contribution in [3.63, 3.8) is 0 Å². The number of benzene rings is 3. The third-order valence-electron chi connectivity index (χ3n) is 7.53. The van der Waals surface area contributed by atoms with E-state index in [1.165, 1.54) is 6.26 Å². The zero-order valence-electron chi connectivity index (χ0n) is 23.5. The maximum atomic E-state index is 13.9. The maximum absolute atomic E-state index is 13.9. The zero-order valence-corrected chi connectivity index (χ0v) is 23.5. The summed E-state index contributed by atoms with van der Waals surface area (Å²) in [5, 5.41) is 0.491. The molecule has 41 heavy (non-hydrogen) atoms. The minimum absolute atomic E-state index is 0.0753. The number of hydrogen-bond donors (Lipinski definition) is 0. The summed E-state index contributed by atoms with van der Waals surface area (Å²) in [5.41, 5.74) is 3.72. The van der Waals surface area contributed by atoms with Gasteiger partial charge in [-0.05, 0) is 49.4 Å². The first-order valence-corrected chi connectivity index (χ1v) is 14.2. The maximum Gasteiger partial charge on any atom is 0.242 e. The second-order valence-electron chi connectivity index (χ2n) is 10.7. The van der Waals surface area contributed by atoms with E-state index in [1.807, 2.05) is 79.7 Å². The van der Waals surface area contributed by atoms with Crippen molar-refractivity contribution in [2.75, 3.05) is 19.7 Å². The largest absolute Gasteiger partial charge is 0.464 e. The summed E-state index contributed by atoms with van der Waals surface area (Å²) in [4.78, 5) is 44.0. The van der Waals surface area contributed by atoms with Gasteiger partial charge in [-0.3, -0.25) is 14.4 Å². The van der Waals surface area contributed by atoms with Crippen molar-refractivity contribution < 1.29 is 18.7 Å². The highest BCUT2D eigenvalue weighted by molar-refractivity contribution is 5.85. The molecule has 1 aliphatic rings. The Bertz CT molecular complexity index is 1530. The molecule has 2 amide bonds. The van der Waals surface area contributed by atoms with Gasteiger partial charge in [0.1, 0.15) is 5.58 Å². The van der Waals surface area contributed by atoms with Gasteiger partial charge in [0, 0.05) is 26.1 Å². The first kappa shape index (κ1) is 28.3. The van der Waals surface area contributed by atoms with Crippen LogP contribution in [0.4, 0.5) is 0 Å². The molecule has 4 aromatic rings. The van der Waals surface area contributed by atoms with Crippen molar-refractivity contribution in [1.82, 2.24) is 9.80 Å². The van der Waals surface area contributed by atoms with Crippen LogP contribution in [-0.4, -0.2) is 47.4 Å². The van der Waals surface area contributed by atoms with Gasteiger partial charge >= 0.3 is 0 Å². The summed E-state index contributed by atoms with van der Waals surface area (Å²) in [6, 6.07) is 25.0. The van der Waals surface area contributed by atoms with E-state index >= 15 is 0 Å². The number of amides is 2. The standard InChI is InChI=1S/C34H36N2O5/c1-25-14-16-31-30(19-25)34(39)28(24-41-31)21-35(20-27-11-6-3-7-12-27)33(38)23-36(22-29-13-8-18-40-29)32(37)17-15-26-9-4-2-5-10-26/h2-7,9-12,14,16,19,24,29H,8,13,15,17-18,20-23H2,1H3. The van der Waals surface area contributed by atoms with Crippen LogP contribution in [0.3, 0.4) is 0 Å². The fraction of sp³-hybridized carbons (Fsp3) is 0.324. The van der Waals surface area contributed by atoms with E-state index in [0.717, 1.165) is 29.5 Å². The van der Waals surface area contributed by atoms with Gasteiger partial charge in [0.15, 0.2) is 5.43 Å². The van der Waals surface area contributed by atoms with Crippen LogP contribution in [0.1, 0.15) is 41.5 Å². The van der Waals surface area contributed by atoms with E-state index in [0.29, 0.717) is 49.1 Å². The second kappa shape index (κ2) is 13.4. The first-order chi connectivity index (χ1) is 20.0.